The van der Waals surface area contributed by atoms with Crippen LogP contribution in [0.2, 0.25) is 0 Å². The van der Waals surface area contributed by atoms with Crippen LogP contribution in [0.5, 0.6) is 0 Å². The summed E-state index contributed by atoms with van der Waals surface area (Å²) in [5, 5.41) is 2.62. The molecule has 0 saturated carbocycles. The zero-order valence-corrected chi connectivity index (χ0v) is 12.8. The van der Waals surface area contributed by atoms with Gasteiger partial charge >= 0.3 is 6.18 Å². The summed E-state index contributed by atoms with van der Waals surface area (Å²) in [6, 6.07) is 11.9. The molecule has 0 aliphatic rings. The average molecular weight is 322 g/mol. The molecule has 2 aromatic carbocycles. The van der Waals surface area contributed by atoms with E-state index < -0.39 is 11.7 Å². The van der Waals surface area contributed by atoms with Crippen molar-refractivity contribution in [1.29, 1.82) is 0 Å². The first-order valence-electron chi connectivity index (χ1n) is 6.99. The molecule has 3 nitrogen and oxygen atoms in total. The molecule has 0 aliphatic heterocycles. The lowest BCUT2D eigenvalue weighted by Gasteiger charge is -2.13. The Hall–Kier alpha value is -2.50. The molecule has 0 atom stereocenters. The standard InChI is InChI=1S/C17H17F3N2O/c1-22(2)15-8-6-13(7-9-15)16(23)21-11-12-4-3-5-14(10-12)17(18,19)20/h3-10H,11H2,1-2H3,(H,21,23). The van der Waals surface area contributed by atoms with Gasteiger partial charge in [0.2, 0.25) is 0 Å². The van der Waals surface area contributed by atoms with Crippen LogP contribution in [-0.4, -0.2) is 20.0 Å². The Morgan fingerprint density at radius 1 is 1.09 bits per heavy atom. The summed E-state index contributed by atoms with van der Waals surface area (Å²) in [6.07, 6.45) is -4.39. The summed E-state index contributed by atoms with van der Waals surface area (Å²) in [7, 11) is 3.78. The molecule has 6 heteroatoms. The number of amides is 1. The van der Waals surface area contributed by atoms with Crippen LogP contribution in [0.1, 0.15) is 21.5 Å². The van der Waals surface area contributed by atoms with Gasteiger partial charge < -0.3 is 10.2 Å². The first-order chi connectivity index (χ1) is 10.8. The van der Waals surface area contributed by atoms with Gasteiger partial charge in [0.15, 0.2) is 0 Å². The minimum absolute atomic E-state index is 0.0399. The number of rotatable bonds is 4. The molecule has 2 rings (SSSR count). The number of carbonyl (C=O) groups excluding carboxylic acids is 1. The second kappa shape index (κ2) is 6.73. The topological polar surface area (TPSA) is 32.3 Å². The third-order valence-corrected chi connectivity index (χ3v) is 3.35. The monoisotopic (exact) mass is 322 g/mol. The smallest absolute Gasteiger partial charge is 0.378 e. The molecule has 0 aliphatic carbocycles. The van der Waals surface area contributed by atoms with E-state index in [4.69, 9.17) is 0 Å². The first-order valence-corrected chi connectivity index (χ1v) is 6.99. The van der Waals surface area contributed by atoms with E-state index in [-0.39, 0.29) is 12.5 Å². The zero-order valence-electron chi connectivity index (χ0n) is 12.8. The van der Waals surface area contributed by atoms with Crippen molar-refractivity contribution < 1.29 is 18.0 Å². The highest BCUT2D eigenvalue weighted by Crippen LogP contribution is 2.29. The van der Waals surface area contributed by atoms with Gasteiger partial charge in [0.05, 0.1) is 5.56 Å². The molecule has 0 radical (unpaired) electrons. The maximum absolute atomic E-state index is 12.6. The van der Waals surface area contributed by atoms with Crippen molar-refractivity contribution in [2.75, 3.05) is 19.0 Å². The van der Waals surface area contributed by atoms with E-state index in [1.54, 1.807) is 30.3 Å². The molecule has 1 amide bonds. The van der Waals surface area contributed by atoms with Crippen molar-refractivity contribution in [1.82, 2.24) is 5.32 Å². The second-order valence-electron chi connectivity index (χ2n) is 5.32. The fourth-order valence-electron chi connectivity index (χ4n) is 2.05. The van der Waals surface area contributed by atoms with Crippen LogP contribution < -0.4 is 10.2 Å². The zero-order chi connectivity index (χ0) is 17.0. The van der Waals surface area contributed by atoms with Gasteiger partial charge in [-0.05, 0) is 42.0 Å². The molecule has 23 heavy (non-hydrogen) atoms. The highest BCUT2D eigenvalue weighted by atomic mass is 19.4. The van der Waals surface area contributed by atoms with Crippen LogP contribution in [0.25, 0.3) is 0 Å². The number of hydrogen-bond donors (Lipinski definition) is 1. The molecule has 0 saturated heterocycles. The van der Waals surface area contributed by atoms with E-state index >= 15 is 0 Å². The maximum Gasteiger partial charge on any atom is 0.416 e. The first kappa shape index (κ1) is 16.9. The van der Waals surface area contributed by atoms with E-state index in [1.165, 1.54) is 6.07 Å². The molecule has 2 aromatic rings. The van der Waals surface area contributed by atoms with Gasteiger partial charge in [-0.3, -0.25) is 4.79 Å². The van der Waals surface area contributed by atoms with Crippen molar-refractivity contribution in [2.24, 2.45) is 0 Å². The predicted molar refractivity (Wildman–Crippen MR) is 83.4 cm³/mol. The Morgan fingerprint density at radius 3 is 2.30 bits per heavy atom. The van der Waals surface area contributed by atoms with Crippen LogP contribution in [0, 0.1) is 0 Å². The summed E-state index contributed by atoms with van der Waals surface area (Å²) >= 11 is 0. The molecule has 122 valence electrons. The van der Waals surface area contributed by atoms with E-state index in [0.717, 1.165) is 17.8 Å². The Morgan fingerprint density at radius 2 is 1.74 bits per heavy atom. The largest absolute Gasteiger partial charge is 0.416 e. The summed E-state index contributed by atoms with van der Waals surface area (Å²) in [6.45, 7) is 0.0399. The van der Waals surface area contributed by atoms with Gasteiger partial charge in [-0.25, -0.2) is 0 Å². The van der Waals surface area contributed by atoms with Gasteiger partial charge in [0.25, 0.3) is 5.91 Å². The summed E-state index contributed by atoms with van der Waals surface area (Å²) in [5.41, 5.74) is 1.10. The number of halogens is 3. The van der Waals surface area contributed by atoms with E-state index in [1.807, 2.05) is 19.0 Å². The number of alkyl halides is 3. The van der Waals surface area contributed by atoms with Crippen molar-refractivity contribution in [2.45, 2.75) is 12.7 Å². The van der Waals surface area contributed by atoms with Gasteiger partial charge in [-0.2, -0.15) is 13.2 Å². The Kier molecular flexibility index (Phi) is 4.93. The number of anilines is 1. The van der Waals surface area contributed by atoms with E-state index in [9.17, 15) is 18.0 Å². The van der Waals surface area contributed by atoms with Crippen molar-refractivity contribution in [3.05, 3.63) is 65.2 Å². The van der Waals surface area contributed by atoms with Crippen LogP contribution in [0.4, 0.5) is 18.9 Å². The second-order valence-corrected chi connectivity index (χ2v) is 5.32. The van der Waals surface area contributed by atoms with Crippen LogP contribution in [0.3, 0.4) is 0 Å². The molecular weight excluding hydrogens is 305 g/mol. The number of benzene rings is 2. The van der Waals surface area contributed by atoms with Crippen LogP contribution in [-0.2, 0) is 12.7 Å². The predicted octanol–water partition coefficient (Wildman–Crippen LogP) is 3.70. The van der Waals surface area contributed by atoms with E-state index in [2.05, 4.69) is 5.32 Å². The molecule has 0 aromatic heterocycles. The average Bonchev–Trinajstić information content (AvgIpc) is 2.52. The lowest BCUT2D eigenvalue weighted by molar-refractivity contribution is -0.137. The highest BCUT2D eigenvalue weighted by Gasteiger charge is 2.30. The third-order valence-electron chi connectivity index (χ3n) is 3.35. The Labute approximate surface area is 132 Å². The number of nitrogens with zero attached hydrogens (tertiary/aromatic N) is 1. The fourth-order valence-corrected chi connectivity index (χ4v) is 2.05. The fraction of sp³-hybridized carbons (Fsp3) is 0.235. The molecule has 0 fully saturated rings. The van der Waals surface area contributed by atoms with Crippen LogP contribution in [0.15, 0.2) is 48.5 Å². The highest BCUT2D eigenvalue weighted by molar-refractivity contribution is 5.94. The lowest BCUT2D eigenvalue weighted by atomic mass is 10.1. The Balaban J connectivity index is 2.02. The maximum atomic E-state index is 12.6. The van der Waals surface area contributed by atoms with Crippen molar-refractivity contribution in [3.63, 3.8) is 0 Å². The van der Waals surface area contributed by atoms with E-state index in [0.29, 0.717) is 11.1 Å². The summed E-state index contributed by atoms with van der Waals surface area (Å²) < 4.78 is 37.9. The normalized spacial score (nSPS) is 11.2. The van der Waals surface area contributed by atoms with Gasteiger partial charge in [0, 0.05) is 31.9 Å². The molecule has 0 spiro atoms. The lowest BCUT2D eigenvalue weighted by Crippen LogP contribution is -2.23. The minimum Gasteiger partial charge on any atom is -0.378 e. The molecule has 0 bridgehead atoms. The van der Waals surface area contributed by atoms with Crippen LogP contribution >= 0.6 is 0 Å². The summed E-state index contributed by atoms with van der Waals surface area (Å²) in [5.74, 6) is -0.326. The number of nitrogens with one attached hydrogen (secondary N) is 1. The number of hydrogen-bond acceptors (Lipinski definition) is 2. The SMILES string of the molecule is CN(C)c1ccc(C(=O)NCc2cccc(C(F)(F)F)c2)cc1. The Bertz CT molecular complexity index is 679. The quantitative estimate of drug-likeness (QED) is 0.931. The summed E-state index contributed by atoms with van der Waals surface area (Å²) in [4.78, 5) is 13.9. The van der Waals surface area contributed by atoms with Gasteiger partial charge in [-0.15, -0.1) is 0 Å². The third kappa shape index (κ3) is 4.48. The van der Waals surface area contributed by atoms with Crippen molar-refractivity contribution in [3.8, 4) is 0 Å². The number of carbonyl (C=O) groups is 1. The molecular formula is C17H17F3N2O. The van der Waals surface area contributed by atoms with Gasteiger partial charge in [0.1, 0.15) is 0 Å². The molecule has 1 N–H and O–H groups in total. The molecule has 0 unspecified atom stereocenters. The minimum atomic E-state index is -4.39. The molecule has 0 heterocycles. The van der Waals surface area contributed by atoms with Crippen molar-refractivity contribution >= 4 is 11.6 Å². The van der Waals surface area contributed by atoms with Gasteiger partial charge in [-0.1, -0.05) is 12.1 Å².